The zero-order valence-electron chi connectivity index (χ0n) is 24.4. The van der Waals surface area contributed by atoms with Crippen LogP contribution in [0.5, 0.6) is 0 Å². The molecule has 3 aliphatic rings. The highest BCUT2D eigenvalue weighted by Crippen LogP contribution is 2.64. The predicted octanol–water partition coefficient (Wildman–Crippen LogP) is 11.0. The first kappa shape index (κ1) is 23.7. The van der Waals surface area contributed by atoms with Crippen molar-refractivity contribution in [2.45, 2.75) is 37.5 Å². The summed E-state index contributed by atoms with van der Waals surface area (Å²) in [7, 11) is 0. The first-order valence-corrected chi connectivity index (χ1v) is 15.6. The van der Waals surface area contributed by atoms with Gasteiger partial charge in [-0.1, -0.05) is 117 Å². The van der Waals surface area contributed by atoms with Crippen LogP contribution < -0.4 is 0 Å². The predicted molar refractivity (Wildman–Crippen MR) is 179 cm³/mol. The van der Waals surface area contributed by atoms with Crippen LogP contribution in [0.4, 0.5) is 0 Å². The van der Waals surface area contributed by atoms with Gasteiger partial charge >= 0.3 is 0 Å². The maximum Gasteiger partial charge on any atom is 0.0588 e. The SMILES string of the molecule is CC1(C)c2ccccc2-c2ccc3c4cc(-c5cccc6c5C5CC5c5ccccc5-6)ccc4n(-c4ccccc4)c3c21. The molecule has 2 atom stereocenters. The van der Waals surface area contributed by atoms with Crippen molar-refractivity contribution in [3.05, 3.63) is 150 Å². The third-order valence-corrected chi connectivity index (χ3v) is 10.7. The fourth-order valence-corrected chi connectivity index (χ4v) is 8.75. The molecule has 1 heteroatoms. The zero-order valence-corrected chi connectivity index (χ0v) is 24.4. The highest BCUT2D eigenvalue weighted by atomic mass is 15.0. The van der Waals surface area contributed by atoms with Crippen LogP contribution in [0.2, 0.25) is 0 Å². The Morgan fingerprint density at radius 1 is 0.581 bits per heavy atom. The Morgan fingerprint density at radius 3 is 2.21 bits per heavy atom. The molecule has 6 aromatic carbocycles. The van der Waals surface area contributed by atoms with Crippen molar-refractivity contribution in [3.8, 4) is 39.1 Å². The number of nitrogens with zero attached hydrogens (tertiary/aromatic N) is 1. The van der Waals surface area contributed by atoms with E-state index in [0.717, 1.165) is 0 Å². The van der Waals surface area contributed by atoms with Gasteiger partial charge in [-0.05, 0) is 98.2 Å². The molecule has 1 fully saturated rings. The second-order valence-corrected chi connectivity index (χ2v) is 13.3. The molecular weight excluding hydrogens is 518 g/mol. The summed E-state index contributed by atoms with van der Waals surface area (Å²) in [5, 5.41) is 2.66. The van der Waals surface area contributed by atoms with Crippen molar-refractivity contribution in [1.82, 2.24) is 4.57 Å². The Balaban J connectivity index is 1.27. The monoisotopic (exact) mass is 549 g/mol. The summed E-state index contributed by atoms with van der Waals surface area (Å²) in [5.74, 6) is 1.30. The molecule has 0 N–H and O–H groups in total. The van der Waals surface area contributed by atoms with E-state index < -0.39 is 0 Å². The second-order valence-electron chi connectivity index (χ2n) is 13.3. The quantitative estimate of drug-likeness (QED) is 0.202. The van der Waals surface area contributed by atoms with E-state index in [2.05, 4.69) is 146 Å². The van der Waals surface area contributed by atoms with Crippen LogP contribution in [0.15, 0.2) is 127 Å². The van der Waals surface area contributed by atoms with Gasteiger partial charge in [0.05, 0.1) is 11.0 Å². The number of hydrogen-bond acceptors (Lipinski definition) is 0. The van der Waals surface area contributed by atoms with E-state index in [-0.39, 0.29) is 5.41 Å². The largest absolute Gasteiger partial charge is 0.309 e. The molecule has 1 nitrogen and oxygen atoms in total. The van der Waals surface area contributed by atoms with E-state index in [0.29, 0.717) is 11.8 Å². The van der Waals surface area contributed by atoms with E-state index in [1.54, 1.807) is 5.56 Å². The highest BCUT2D eigenvalue weighted by molar-refractivity contribution is 6.14. The number of aromatic nitrogens is 1. The van der Waals surface area contributed by atoms with Gasteiger partial charge in [0, 0.05) is 21.9 Å². The molecule has 43 heavy (non-hydrogen) atoms. The fraction of sp³-hybridized carbons (Fsp3) is 0.143. The highest BCUT2D eigenvalue weighted by Gasteiger charge is 2.46. The fourth-order valence-electron chi connectivity index (χ4n) is 8.75. The minimum Gasteiger partial charge on any atom is -0.309 e. The first-order chi connectivity index (χ1) is 21.1. The van der Waals surface area contributed by atoms with E-state index in [1.807, 2.05) is 0 Å². The van der Waals surface area contributed by atoms with Crippen LogP contribution in [0, 0.1) is 0 Å². The normalized spacial score (nSPS) is 18.6. The average molecular weight is 550 g/mol. The molecule has 1 saturated carbocycles. The molecule has 10 rings (SSSR count). The topological polar surface area (TPSA) is 4.93 Å². The van der Waals surface area contributed by atoms with Crippen molar-refractivity contribution < 1.29 is 0 Å². The Morgan fingerprint density at radius 2 is 1.33 bits per heavy atom. The van der Waals surface area contributed by atoms with Crippen molar-refractivity contribution in [2.75, 3.05) is 0 Å². The molecule has 1 aromatic heterocycles. The van der Waals surface area contributed by atoms with Crippen molar-refractivity contribution in [1.29, 1.82) is 0 Å². The number of rotatable bonds is 2. The lowest BCUT2D eigenvalue weighted by atomic mass is 9.81. The van der Waals surface area contributed by atoms with E-state index in [9.17, 15) is 0 Å². The molecule has 3 aliphatic carbocycles. The Kier molecular flexibility index (Phi) is 4.48. The lowest BCUT2D eigenvalue weighted by molar-refractivity contribution is 0.664. The molecule has 0 radical (unpaired) electrons. The standard InChI is InChI=1S/C42H31N/c1-42(2)37-18-9-8-15-30(37)32-20-21-33-35-23-25(19-22-38(35)43(41(33)40(32)42)26-11-4-3-5-12-26)27-16-10-17-31-28-13-6-7-14-29(28)34-24-36(34)39(27)31/h3-23,34,36H,24H2,1-2H3. The summed E-state index contributed by atoms with van der Waals surface area (Å²) in [5.41, 5.74) is 18.0. The minimum absolute atomic E-state index is 0.0952. The summed E-state index contributed by atoms with van der Waals surface area (Å²) in [6.07, 6.45) is 1.26. The molecular formula is C42H31N. The molecule has 0 saturated heterocycles. The third kappa shape index (κ3) is 3.02. The molecule has 0 bridgehead atoms. The van der Waals surface area contributed by atoms with Crippen LogP contribution in [0.1, 0.15) is 54.4 Å². The number of hydrogen-bond donors (Lipinski definition) is 0. The van der Waals surface area contributed by atoms with Crippen molar-refractivity contribution in [2.24, 2.45) is 0 Å². The molecule has 1 heterocycles. The van der Waals surface area contributed by atoms with Crippen LogP contribution >= 0.6 is 0 Å². The van der Waals surface area contributed by atoms with Gasteiger partial charge in [-0.15, -0.1) is 0 Å². The minimum atomic E-state index is -0.0952. The first-order valence-electron chi connectivity index (χ1n) is 15.6. The van der Waals surface area contributed by atoms with Gasteiger partial charge in [-0.25, -0.2) is 0 Å². The van der Waals surface area contributed by atoms with E-state index >= 15 is 0 Å². The van der Waals surface area contributed by atoms with Gasteiger partial charge < -0.3 is 4.57 Å². The maximum absolute atomic E-state index is 2.52. The third-order valence-electron chi connectivity index (χ3n) is 10.7. The molecule has 0 amide bonds. The number of para-hydroxylation sites is 1. The van der Waals surface area contributed by atoms with Gasteiger partial charge in [-0.2, -0.15) is 0 Å². The Hall–Kier alpha value is -4.88. The molecule has 204 valence electrons. The number of fused-ring (bicyclic) bond motifs is 13. The molecule has 7 aromatic rings. The van der Waals surface area contributed by atoms with Crippen LogP contribution in [0.25, 0.3) is 60.9 Å². The molecule has 0 aliphatic heterocycles. The average Bonchev–Trinajstić information content (AvgIpc) is 3.75. The summed E-state index contributed by atoms with van der Waals surface area (Å²) in [6, 6.07) is 47.9. The van der Waals surface area contributed by atoms with E-state index in [1.165, 1.54) is 84.0 Å². The lowest BCUT2D eigenvalue weighted by Gasteiger charge is -2.23. The maximum atomic E-state index is 2.52. The van der Waals surface area contributed by atoms with Gasteiger partial charge in [-0.3, -0.25) is 0 Å². The van der Waals surface area contributed by atoms with Crippen LogP contribution in [0.3, 0.4) is 0 Å². The summed E-state index contributed by atoms with van der Waals surface area (Å²) < 4.78 is 2.52. The smallest absolute Gasteiger partial charge is 0.0588 e. The van der Waals surface area contributed by atoms with Gasteiger partial charge in [0.2, 0.25) is 0 Å². The van der Waals surface area contributed by atoms with Crippen LogP contribution in [-0.2, 0) is 5.41 Å². The Bertz CT molecular complexity index is 2300. The lowest BCUT2D eigenvalue weighted by Crippen LogP contribution is -2.16. The van der Waals surface area contributed by atoms with Gasteiger partial charge in [0.1, 0.15) is 0 Å². The van der Waals surface area contributed by atoms with Gasteiger partial charge in [0.15, 0.2) is 0 Å². The summed E-state index contributed by atoms with van der Waals surface area (Å²) in [6.45, 7) is 4.80. The van der Waals surface area contributed by atoms with Gasteiger partial charge in [0.25, 0.3) is 0 Å². The number of benzene rings is 6. The summed E-state index contributed by atoms with van der Waals surface area (Å²) >= 11 is 0. The van der Waals surface area contributed by atoms with Crippen molar-refractivity contribution in [3.63, 3.8) is 0 Å². The molecule has 0 spiro atoms. The molecule has 2 unspecified atom stereocenters. The second kappa shape index (κ2) is 8.14. The van der Waals surface area contributed by atoms with E-state index in [4.69, 9.17) is 0 Å². The zero-order chi connectivity index (χ0) is 28.4. The Labute approximate surface area is 252 Å². The summed E-state index contributed by atoms with van der Waals surface area (Å²) in [4.78, 5) is 0. The van der Waals surface area contributed by atoms with Crippen LogP contribution in [-0.4, -0.2) is 4.57 Å². The van der Waals surface area contributed by atoms with Crippen molar-refractivity contribution >= 4 is 21.8 Å².